The van der Waals surface area contributed by atoms with Crippen molar-refractivity contribution in [2.45, 2.75) is 51.6 Å². The van der Waals surface area contributed by atoms with Gasteiger partial charge in [0.05, 0.1) is 17.9 Å². The Kier molecular flexibility index (Phi) is 5.02. The molecule has 3 atom stereocenters. The Balaban J connectivity index is 1.80. The number of rotatable bonds is 4. The Morgan fingerprint density at radius 2 is 1.70 bits per heavy atom. The van der Waals surface area contributed by atoms with E-state index < -0.39 is 11.9 Å². The summed E-state index contributed by atoms with van der Waals surface area (Å²) in [6.07, 6.45) is 4.57. The van der Waals surface area contributed by atoms with Gasteiger partial charge in [0.25, 0.3) is 0 Å². The molecule has 114 valence electrons. The van der Waals surface area contributed by atoms with Crippen LogP contribution in [0.25, 0.3) is 0 Å². The predicted octanol–water partition coefficient (Wildman–Crippen LogP) is 1.40. The van der Waals surface area contributed by atoms with Gasteiger partial charge in [-0.15, -0.1) is 0 Å². The van der Waals surface area contributed by atoms with Crippen LogP contribution in [-0.2, 0) is 9.59 Å². The summed E-state index contributed by atoms with van der Waals surface area (Å²) in [6, 6.07) is 0. The second-order valence-corrected chi connectivity index (χ2v) is 6.55. The zero-order valence-corrected chi connectivity index (χ0v) is 12.0. The summed E-state index contributed by atoms with van der Waals surface area (Å²) >= 11 is 0. The maximum Gasteiger partial charge on any atom is 0.307 e. The van der Waals surface area contributed by atoms with Crippen molar-refractivity contribution in [3.05, 3.63) is 0 Å². The van der Waals surface area contributed by atoms with Crippen molar-refractivity contribution >= 4 is 11.9 Å². The lowest BCUT2D eigenvalue weighted by atomic mass is 9.87. The second kappa shape index (κ2) is 6.57. The van der Waals surface area contributed by atoms with Gasteiger partial charge in [0.1, 0.15) is 0 Å². The lowest BCUT2D eigenvalue weighted by Crippen LogP contribution is -2.38. The van der Waals surface area contributed by atoms with Gasteiger partial charge in [0.2, 0.25) is 5.91 Å². The van der Waals surface area contributed by atoms with Crippen molar-refractivity contribution in [2.24, 2.45) is 23.7 Å². The molecule has 0 saturated heterocycles. The van der Waals surface area contributed by atoms with E-state index in [1.54, 1.807) is 0 Å². The second-order valence-electron chi connectivity index (χ2n) is 6.55. The molecule has 0 aromatic carbocycles. The first kappa shape index (κ1) is 15.3. The van der Waals surface area contributed by atoms with Gasteiger partial charge in [-0.05, 0) is 50.4 Å². The van der Waals surface area contributed by atoms with E-state index in [-0.39, 0.29) is 17.9 Å². The first-order valence-electron chi connectivity index (χ1n) is 7.66. The number of amides is 1. The molecule has 2 aliphatic rings. The first-order chi connectivity index (χ1) is 9.47. The van der Waals surface area contributed by atoms with Crippen molar-refractivity contribution in [2.75, 3.05) is 6.54 Å². The van der Waals surface area contributed by atoms with Crippen molar-refractivity contribution in [1.29, 1.82) is 0 Å². The minimum Gasteiger partial charge on any atom is -0.481 e. The highest BCUT2D eigenvalue weighted by molar-refractivity contribution is 5.85. The van der Waals surface area contributed by atoms with Crippen LogP contribution in [0, 0.1) is 23.7 Å². The van der Waals surface area contributed by atoms with Crippen LogP contribution < -0.4 is 5.32 Å². The molecule has 0 spiro atoms. The summed E-state index contributed by atoms with van der Waals surface area (Å²) in [4.78, 5) is 23.4. The Morgan fingerprint density at radius 1 is 1.10 bits per heavy atom. The third-order valence-electron chi connectivity index (χ3n) is 4.83. The smallest absolute Gasteiger partial charge is 0.307 e. The molecule has 1 amide bonds. The lowest BCUT2D eigenvalue weighted by Gasteiger charge is -2.26. The Hall–Kier alpha value is -1.10. The summed E-state index contributed by atoms with van der Waals surface area (Å²) in [5.41, 5.74) is 0. The van der Waals surface area contributed by atoms with E-state index in [0.29, 0.717) is 31.2 Å². The van der Waals surface area contributed by atoms with Gasteiger partial charge in [-0.2, -0.15) is 0 Å². The van der Waals surface area contributed by atoms with Gasteiger partial charge in [-0.25, -0.2) is 0 Å². The maximum atomic E-state index is 12.2. The summed E-state index contributed by atoms with van der Waals surface area (Å²) in [5.74, 6) is -1.14. The molecule has 0 heterocycles. The predicted molar refractivity (Wildman–Crippen MR) is 74.0 cm³/mol. The molecule has 2 saturated carbocycles. The van der Waals surface area contributed by atoms with E-state index in [4.69, 9.17) is 0 Å². The molecular formula is C15H25NO4. The molecule has 0 aliphatic heterocycles. The highest BCUT2D eigenvalue weighted by atomic mass is 16.4. The first-order valence-corrected chi connectivity index (χ1v) is 7.66. The summed E-state index contributed by atoms with van der Waals surface area (Å²) in [6.45, 7) is 2.62. The molecule has 2 aliphatic carbocycles. The molecule has 0 radical (unpaired) electrons. The number of aliphatic hydroxyl groups is 1. The Morgan fingerprint density at radius 3 is 2.30 bits per heavy atom. The maximum absolute atomic E-state index is 12.2. The van der Waals surface area contributed by atoms with Crippen LogP contribution in [-0.4, -0.2) is 34.7 Å². The number of aliphatic carboxylic acids is 1. The molecule has 3 N–H and O–H groups in total. The van der Waals surface area contributed by atoms with Crippen LogP contribution in [0.2, 0.25) is 0 Å². The van der Waals surface area contributed by atoms with Crippen LogP contribution in [0.4, 0.5) is 0 Å². The summed E-state index contributed by atoms with van der Waals surface area (Å²) in [5, 5.41) is 21.6. The topological polar surface area (TPSA) is 86.6 Å². The largest absolute Gasteiger partial charge is 0.481 e. The minimum absolute atomic E-state index is 0.104. The van der Waals surface area contributed by atoms with Crippen LogP contribution in [0.5, 0.6) is 0 Å². The van der Waals surface area contributed by atoms with Crippen LogP contribution >= 0.6 is 0 Å². The van der Waals surface area contributed by atoms with Gasteiger partial charge >= 0.3 is 5.97 Å². The third kappa shape index (κ3) is 3.72. The van der Waals surface area contributed by atoms with E-state index in [2.05, 4.69) is 5.32 Å². The molecule has 0 aromatic heterocycles. The Labute approximate surface area is 119 Å². The number of carbonyl (C=O) groups is 2. The number of aliphatic hydroxyl groups excluding tert-OH is 1. The quantitative estimate of drug-likeness (QED) is 0.728. The van der Waals surface area contributed by atoms with Crippen LogP contribution in [0.15, 0.2) is 0 Å². The molecule has 2 fully saturated rings. The van der Waals surface area contributed by atoms with Crippen molar-refractivity contribution in [1.82, 2.24) is 5.32 Å². The summed E-state index contributed by atoms with van der Waals surface area (Å²) < 4.78 is 0. The highest BCUT2D eigenvalue weighted by Gasteiger charge is 2.41. The molecule has 5 nitrogen and oxygen atoms in total. The fraction of sp³-hybridized carbons (Fsp3) is 0.867. The van der Waals surface area contributed by atoms with E-state index >= 15 is 0 Å². The van der Waals surface area contributed by atoms with E-state index in [0.717, 1.165) is 25.7 Å². The zero-order valence-electron chi connectivity index (χ0n) is 12.0. The SMILES string of the molecule is CC1C[C@H](C(=O)NCC2CCC(O)CC2)[C@H](C(=O)O)C1. The van der Waals surface area contributed by atoms with Gasteiger partial charge in [-0.1, -0.05) is 6.92 Å². The summed E-state index contributed by atoms with van der Waals surface area (Å²) in [7, 11) is 0. The van der Waals surface area contributed by atoms with Crippen molar-refractivity contribution in [3.63, 3.8) is 0 Å². The van der Waals surface area contributed by atoms with Crippen LogP contribution in [0.3, 0.4) is 0 Å². The third-order valence-corrected chi connectivity index (χ3v) is 4.83. The van der Waals surface area contributed by atoms with Gasteiger partial charge < -0.3 is 15.5 Å². The van der Waals surface area contributed by atoms with Gasteiger partial charge in [0.15, 0.2) is 0 Å². The standard InChI is InChI=1S/C15H25NO4/c1-9-6-12(13(7-9)15(19)20)14(18)16-8-10-2-4-11(17)5-3-10/h9-13,17H,2-8H2,1H3,(H,16,18)(H,19,20)/t9?,10?,11?,12-,13+/m0/s1. The number of hydrogen-bond donors (Lipinski definition) is 3. The minimum atomic E-state index is -0.852. The fourth-order valence-corrected chi connectivity index (χ4v) is 3.58. The average molecular weight is 283 g/mol. The lowest BCUT2D eigenvalue weighted by molar-refractivity contribution is -0.146. The van der Waals surface area contributed by atoms with E-state index in [9.17, 15) is 19.8 Å². The molecule has 0 bridgehead atoms. The zero-order chi connectivity index (χ0) is 14.7. The number of carboxylic acid groups (broad SMARTS) is 1. The average Bonchev–Trinajstić information content (AvgIpc) is 2.80. The number of carbonyl (C=O) groups excluding carboxylic acids is 1. The molecule has 20 heavy (non-hydrogen) atoms. The van der Waals surface area contributed by atoms with E-state index in [1.165, 1.54) is 0 Å². The molecule has 2 rings (SSSR count). The monoisotopic (exact) mass is 283 g/mol. The van der Waals surface area contributed by atoms with Crippen molar-refractivity contribution < 1.29 is 19.8 Å². The molecule has 0 aromatic rings. The fourth-order valence-electron chi connectivity index (χ4n) is 3.58. The van der Waals surface area contributed by atoms with Gasteiger partial charge in [0, 0.05) is 6.54 Å². The Bertz CT molecular complexity index is 363. The molecule has 1 unspecified atom stereocenters. The number of nitrogens with one attached hydrogen (secondary N) is 1. The number of carboxylic acids is 1. The van der Waals surface area contributed by atoms with Gasteiger partial charge in [-0.3, -0.25) is 9.59 Å². The molecular weight excluding hydrogens is 258 g/mol. The van der Waals surface area contributed by atoms with E-state index in [1.807, 2.05) is 6.92 Å². The highest BCUT2D eigenvalue weighted by Crippen LogP contribution is 2.36. The van der Waals surface area contributed by atoms with Crippen LogP contribution in [0.1, 0.15) is 45.4 Å². The molecule has 5 heteroatoms. The normalized spacial score (nSPS) is 37.6. The van der Waals surface area contributed by atoms with Crippen molar-refractivity contribution in [3.8, 4) is 0 Å². The number of hydrogen-bond acceptors (Lipinski definition) is 3.